The van der Waals surface area contributed by atoms with Crippen molar-refractivity contribution in [2.24, 2.45) is 0 Å². The molecule has 1 aromatic heterocycles. The van der Waals surface area contributed by atoms with E-state index >= 15 is 0 Å². The van der Waals surface area contributed by atoms with Crippen LogP contribution in [0.15, 0.2) is 42.6 Å². The second-order valence-electron chi connectivity index (χ2n) is 4.58. The van der Waals surface area contributed by atoms with Crippen LogP contribution in [-0.2, 0) is 6.42 Å². The molecule has 2 rings (SSSR count). The quantitative estimate of drug-likeness (QED) is 0.799. The molecular formula is C15H18N2. The SMILES string of the molecule is Cc1ccc(Cc2ccc(N(C)C)nc2)cc1. The fraction of sp³-hybridized carbons (Fsp3) is 0.267. The molecule has 0 aliphatic carbocycles. The highest BCUT2D eigenvalue weighted by molar-refractivity contribution is 5.38. The van der Waals surface area contributed by atoms with Gasteiger partial charge in [0.2, 0.25) is 0 Å². The zero-order valence-electron chi connectivity index (χ0n) is 10.6. The van der Waals surface area contributed by atoms with E-state index in [2.05, 4.69) is 48.3 Å². The van der Waals surface area contributed by atoms with Crippen LogP contribution in [0.3, 0.4) is 0 Å². The molecule has 17 heavy (non-hydrogen) atoms. The van der Waals surface area contributed by atoms with Gasteiger partial charge in [-0.2, -0.15) is 0 Å². The largest absolute Gasteiger partial charge is 0.363 e. The molecule has 0 bridgehead atoms. The summed E-state index contributed by atoms with van der Waals surface area (Å²) in [4.78, 5) is 6.43. The molecule has 0 saturated heterocycles. The van der Waals surface area contributed by atoms with Crippen molar-refractivity contribution in [3.63, 3.8) is 0 Å². The van der Waals surface area contributed by atoms with Crippen LogP contribution in [-0.4, -0.2) is 19.1 Å². The van der Waals surface area contributed by atoms with Gasteiger partial charge in [0.25, 0.3) is 0 Å². The number of anilines is 1. The maximum absolute atomic E-state index is 4.42. The molecule has 0 atom stereocenters. The standard InChI is InChI=1S/C15H18N2/c1-12-4-6-13(7-5-12)10-14-8-9-15(16-11-14)17(2)3/h4-9,11H,10H2,1-3H3. The zero-order valence-corrected chi connectivity index (χ0v) is 10.6. The van der Waals surface area contributed by atoms with E-state index in [4.69, 9.17) is 0 Å². The zero-order chi connectivity index (χ0) is 12.3. The van der Waals surface area contributed by atoms with E-state index < -0.39 is 0 Å². The van der Waals surface area contributed by atoms with Crippen molar-refractivity contribution in [1.82, 2.24) is 4.98 Å². The first kappa shape index (κ1) is 11.6. The number of aryl methyl sites for hydroxylation is 1. The normalized spacial score (nSPS) is 10.3. The lowest BCUT2D eigenvalue weighted by atomic mass is 10.1. The number of rotatable bonds is 3. The summed E-state index contributed by atoms with van der Waals surface area (Å²) in [6.45, 7) is 2.11. The Morgan fingerprint density at radius 3 is 2.12 bits per heavy atom. The number of benzene rings is 1. The summed E-state index contributed by atoms with van der Waals surface area (Å²) in [5.74, 6) is 0.998. The van der Waals surface area contributed by atoms with Crippen molar-refractivity contribution < 1.29 is 0 Å². The van der Waals surface area contributed by atoms with E-state index in [-0.39, 0.29) is 0 Å². The van der Waals surface area contributed by atoms with E-state index in [1.165, 1.54) is 16.7 Å². The van der Waals surface area contributed by atoms with Gasteiger partial charge in [-0.15, -0.1) is 0 Å². The highest BCUT2D eigenvalue weighted by atomic mass is 15.1. The minimum Gasteiger partial charge on any atom is -0.363 e. The van der Waals surface area contributed by atoms with Crippen LogP contribution >= 0.6 is 0 Å². The Hall–Kier alpha value is -1.83. The molecule has 2 aromatic rings. The summed E-state index contributed by atoms with van der Waals surface area (Å²) >= 11 is 0. The third-order valence-electron chi connectivity index (χ3n) is 2.80. The molecule has 88 valence electrons. The van der Waals surface area contributed by atoms with Crippen LogP contribution in [0.1, 0.15) is 16.7 Å². The lowest BCUT2D eigenvalue weighted by Crippen LogP contribution is -2.10. The second kappa shape index (κ2) is 5.00. The number of hydrogen-bond acceptors (Lipinski definition) is 2. The van der Waals surface area contributed by atoms with Gasteiger partial charge in [-0.3, -0.25) is 0 Å². The van der Waals surface area contributed by atoms with E-state index in [0.717, 1.165) is 12.2 Å². The Morgan fingerprint density at radius 1 is 0.941 bits per heavy atom. The number of nitrogens with zero attached hydrogens (tertiary/aromatic N) is 2. The fourth-order valence-corrected chi connectivity index (χ4v) is 1.73. The Kier molecular flexibility index (Phi) is 3.43. The summed E-state index contributed by atoms with van der Waals surface area (Å²) in [5.41, 5.74) is 3.88. The monoisotopic (exact) mass is 226 g/mol. The van der Waals surface area contributed by atoms with Gasteiger partial charge in [0, 0.05) is 20.3 Å². The molecule has 0 amide bonds. The molecule has 0 unspecified atom stereocenters. The van der Waals surface area contributed by atoms with Crippen LogP contribution in [0.5, 0.6) is 0 Å². The van der Waals surface area contributed by atoms with Gasteiger partial charge in [-0.05, 0) is 30.5 Å². The summed E-state index contributed by atoms with van der Waals surface area (Å²) in [6.07, 6.45) is 2.90. The van der Waals surface area contributed by atoms with Crippen molar-refractivity contribution in [2.45, 2.75) is 13.3 Å². The molecule has 0 N–H and O–H groups in total. The Balaban J connectivity index is 2.11. The van der Waals surface area contributed by atoms with Crippen molar-refractivity contribution in [3.05, 3.63) is 59.3 Å². The molecule has 0 aliphatic heterocycles. The Labute approximate surface area is 103 Å². The van der Waals surface area contributed by atoms with Crippen LogP contribution < -0.4 is 4.90 Å². The van der Waals surface area contributed by atoms with Gasteiger partial charge in [0.1, 0.15) is 5.82 Å². The van der Waals surface area contributed by atoms with Crippen LogP contribution in [0.25, 0.3) is 0 Å². The molecule has 0 radical (unpaired) electrons. The molecule has 2 heteroatoms. The second-order valence-corrected chi connectivity index (χ2v) is 4.58. The average molecular weight is 226 g/mol. The van der Waals surface area contributed by atoms with Gasteiger partial charge in [-0.25, -0.2) is 4.98 Å². The summed E-state index contributed by atoms with van der Waals surface area (Å²) in [5, 5.41) is 0. The number of aromatic nitrogens is 1. The van der Waals surface area contributed by atoms with Crippen molar-refractivity contribution >= 4 is 5.82 Å². The highest BCUT2D eigenvalue weighted by Crippen LogP contribution is 2.12. The Bertz CT molecular complexity index is 469. The van der Waals surface area contributed by atoms with Crippen LogP contribution in [0.2, 0.25) is 0 Å². The van der Waals surface area contributed by atoms with Gasteiger partial charge in [0.15, 0.2) is 0 Å². The fourth-order valence-electron chi connectivity index (χ4n) is 1.73. The summed E-state index contributed by atoms with van der Waals surface area (Å²) in [6, 6.07) is 12.9. The first-order chi connectivity index (χ1) is 8.15. The minimum absolute atomic E-state index is 0.945. The maximum Gasteiger partial charge on any atom is 0.127 e. The molecule has 1 aromatic carbocycles. The average Bonchev–Trinajstić information content (AvgIpc) is 2.33. The predicted octanol–water partition coefficient (Wildman–Crippen LogP) is 3.05. The molecule has 0 saturated carbocycles. The van der Waals surface area contributed by atoms with E-state index in [1.54, 1.807) is 0 Å². The lowest BCUT2D eigenvalue weighted by Gasteiger charge is -2.11. The van der Waals surface area contributed by atoms with Crippen LogP contribution in [0, 0.1) is 6.92 Å². The summed E-state index contributed by atoms with van der Waals surface area (Å²) in [7, 11) is 4.00. The molecule has 0 fully saturated rings. The third-order valence-corrected chi connectivity index (χ3v) is 2.80. The first-order valence-electron chi connectivity index (χ1n) is 5.83. The van der Waals surface area contributed by atoms with E-state index in [1.807, 2.05) is 25.2 Å². The lowest BCUT2D eigenvalue weighted by molar-refractivity contribution is 1.05. The van der Waals surface area contributed by atoms with Crippen molar-refractivity contribution in [2.75, 3.05) is 19.0 Å². The van der Waals surface area contributed by atoms with Crippen molar-refractivity contribution in [3.8, 4) is 0 Å². The summed E-state index contributed by atoms with van der Waals surface area (Å²) < 4.78 is 0. The molecule has 1 heterocycles. The maximum atomic E-state index is 4.42. The van der Waals surface area contributed by atoms with Crippen molar-refractivity contribution in [1.29, 1.82) is 0 Å². The first-order valence-corrected chi connectivity index (χ1v) is 5.83. The predicted molar refractivity (Wildman–Crippen MR) is 72.5 cm³/mol. The Morgan fingerprint density at radius 2 is 1.59 bits per heavy atom. The number of pyridine rings is 1. The van der Waals surface area contributed by atoms with Gasteiger partial charge < -0.3 is 4.90 Å². The van der Waals surface area contributed by atoms with Gasteiger partial charge in [0.05, 0.1) is 0 Å². The molecule has 2 nitrogen and oxygen atoms in total. The minimum atomic E-state index is 0.945. The third kappa shape index (κ3) is 3.06. The van der Waals surface area contributed by atoms with Gasteiger partial charge in [-0.1, -0.05) is 35.9 Å². The molecular weight excluding hydrogens is 208 g/mol. The number of hydrogen-bond donors (Lipinski definition) is 0. The van der Waals surface area contributed by atoms with Crippen LogP contribution in [0.4, 0.5) is 5.82 Å². The van der Waals surface area contributed by atoms with Gasteiger partial charge >= 0.3 is 0 Å². The van der Waals surface area contributed by atoms with E-state index in [0.29, 0.717) is 0 Å². The smallest absolute Gasteiger partial charge is 0.127 e. The molecule has 0 spiro atoms. The topological polar surface area (TPSA) is 16.1 Å². The van der Waals surface area contributed by atoms with E-state index in [9.17, 15) is 0 Å². The molecule has 0 aliphatic rings. The highest BCUT2D eigenvalue weighted by Gasteiger charge is 1.99.